The van der Waals surface area contributed by atoms with E-state index in [4.69, 9.17) is 11.6 Å². The predicted octanol–water partition coefficient (Wildman–Crippen LogP) is -0.741. The standard InChI is InChI=1S/C6H3ClN2O4S.H2N/c7-3-1-2-4(14(10,11)12)6-5(3)8-13-9-6;/h1-2H,(H,10,11,12);1H2/q;+1/p-1. The number of fused-ring (bicyclic) bond motifs is 1. The van der Waals surface area contributed by atoms with Gasteiger partial charge in [0.05, 0.1) is 9.92 Å². The number of halogens is 1. The summed E-state index contributed by atoms with van der Waals surface area (Å²) in [5, 5.41) is 6.84. The Kier molecular flexibility index (Phi) is 2.95. The molecular weight excluding hydrogens is 246 g/mol. The van der Waals surface area contributed by atoms with E-state index in [1.54, 1.807) is 0 Å². The maximum Gasteiger partial charge on any atom is 0.155 e. The zero-order valence-corrected chi connectivity index (χ0v) is 8.62. The monoisotopic (exact) mass is 249 g/mol. The highest BCUT2D eigenvalue weighted by Crippen LogP contribution is 2.25. The van der Waals surface area contributed by atoms with Crippen molar-refractivity contribution in [3.05, 3.63) is 17.2 Å². The Bertz CT molecular complexity index is 593. The van der Waals surface area contributed by atoms with Crippen molar-refractivity contribution in [1.82, 2.24) is 10.3 Å². The molecule has 0 atom stereocenters. The minimum atomic E-state index is -4.59. The van der Waals surface area contributed by atoms with E-state index in [0.717, 1.165) is 6.07 Å². The van der Waals surface area contributed by atoms with Crippen LogP contribution >= 0.6 is 11.6 Å². The van der Waals surface area contributed by atoms with Gasteiger partial charge in [0.2, 0.25) is 0 Å². The van der Waals surface area contributed by atoms with Gasteiger partial charge >= 0.3 is 0 Å². The van der Waals surface area contributed by atoms with Crippen LogP contribution in [-0.2, 0) is 10.1 Å². The Balaban J connectivity index is 0.00000112. The average Bonchev–Trinajstić information content (AvgIpc) is 2.50. The molecule has 80 valence electrons. The molecule has 2 radical (unpaired) electrons. The topological polar surface area (TPSA) is 130 Å². The summed E-state index contributed by atoms with van der Waals surface area (Å²) in [6, 6.07) is 2.32. The lowest BCUT2D eigenvalue weighted by atomic mass is 10.3. The molecule has 1 heterocycles. The van der Waals surface area contributed by atoms with Gasteiger partial charge in [-0.15, -0.1) is 0 Å². The van der Waals surface area contributed by atoms with Crippen LogP contribution in [0.5, 0.6) is 0 Å². The quantitative estimate of drug-likeness (QED) is 0.612. The number of aromatic nitrogens is 2. The van der Waals surface area contributed by atoms with E-state index >= 15 is 0 Å². The third-order valence-corrected chi connectivity index (χ3v) is 2.77. The number of hydrogen-bond donors (Lipinski definition) is 0. The molecule has 0 amide bonds. The predicted molar refractivity (Wildman–Crippen MR) is 46.7 cm³/mol. The second-order valence-electron chi connectivity index (χ2n) is 2.46. The molecule has 0 saturated carbocycles. The summed E-state index contributed by atoms with van der Waals surface area (Å²) in [7, 11) is -4.59. The fourth-order valence-electron chi connectivity index (χ4n) is 1.02. The summed E-state index contributed by atoms with van der Waals surface area (Å²) >= 11 is 5.66. The Hall–Kier alpha value is -1.22. The van der Waals surface area contributed by atoms with E-state index in [-0.39, 0.29) is 22.2 Å². The van der Waals surface area contributed by atoms with Crippen molar-refractivity contribution in [3.63, 3.8) is 0 Å². The van der Waals surface area contributed by atoms with Gasteiger partial charge < -0.3 is 4.55 Å². The maximum absolute atomic E-state index is 10.7. The lowest BCUT2D eigenvalue weighted by Crippen LogP contribution is -1.99. The highest BCUT2D eigenvalue weighted by atomic mass is 35.5. The molecule has 0 spiro atoms. The first-order valence-corrected chi connectivity index (χ1v) is 5.15. The van der Waals surface area contributed by atoms with Gasteiger partial charge in [-0.05, 0) is 22.4 Å². The second-order valence-corrected chi connectivity index (χ2v) is 4.22. The van der Waals surface area contributed by atoms with Gasteiger partial charge in [-0.3, -0.25) is 0 Å². The van der Waals surface area contributed by atoms with Crippen LogP contribution in [0.1, 0.15) is 0 Å². The van der Waals surface area contributed by atoms with Gasteiger partial charge in [-0.25, -0.2) is 13.0 Å². The van der Waals surface area contributed by atoms with Gasteiger partial charge in [-0.2, -0.15) is 0 Å². The molecule has 15 heavy (non-hydrogen) atoms. The van der Waals surface area contributed by atoms with Crippen LogP contribution < -0.4 is 6.15 Å². The van der Waals surface area contributed by atoms with Crippen molar-refractivity contribution in [1.29, 1.82) is 0 Å². The molecule has 0 unspecified atom stereocenters. The first kappa shape index (κ1) is 11.9. The summed E-state index contributed by atoms with van der Waals surface area (Å²) in [5.41, 5.74) is -0.0870. The molecule has 0 aliphatic rings. The molecule has 9 heteroatoms. The molecule has 0 saturated heterocycles. The number of nitrogens with zero attached hydrogens (tertiary/aromatic N) is 2. The SMILES string of the molecule is O=S(=O)([O-])c1ccc(Cl)c2nonc12.[NH2+]. The van der Waals surface area contributed by atoms with Gasteiger partial charge in [0.15, 0.2) is 11.0 Å². The molecular formula is C6H4ClN3O4S. The van der Waals surface area contributed by atoms with Crippen LogP contribution in [0.15, 0.2) is 21.7 Å². The van der Waals surface area contributed by atoms with Crippen LogP contribution in [0.25, 0.3) is 11.0 Å². The molecule has 2 N–H and O–H groups in total. The highest BCUT2D eigenvalue weighted by molar-refractivity contribution is 7.86. The zero-order valence-electron chi connectivity index (χ0n) is 7.05. The lowest BCUT2D eigenvalue weighted by molar-refractivity contribution is -0.00000736. The van der Waals surface area contributed by atoms with E-state index in [0.29, 0.717) is 0 Å². The van der Waals surface area contributed by atoms with Gasteiger partial charge in [0.1, 0.15) is 10.1 Å². The Labute approximate surface area is 89.3 Å². The van der Waals surface area contributed by atoms with E-state index in [2.05, 4.69) is 14.9 Å². The molecule has 1 aromatic carbocycles. The fourth-order valence-corrected chi connectivity index (χ4v) is 1.81. The second kappa shape index (κ2) is 3.74. The minimum absolute atomic E-state index is 0. The van der Waals surface area contributed by atoms with Crippen LogP contribution in [0, 0.1) is 0 Å². The Morgan fingerprint density at radius 1 is 1.27 bits per heavy atom. The van der Waals surface area contributed by atoms with Crippen molar-refractivity contribution < 1.29 is 23.8 Å². The van der Waals surface area contributed by atoms with Crippen molar-refractivity contribution in [3.8, 4) is 0 Å². The number of benzene rings is 1. The first-order valence-electron chi connectivity index (χ1n) is 3.37. The number of hydrogen-bond acceptors (Lipinski definition) is 6. The minimum Gasteiger partial charge on any atom is -0.744 e. The van der Waals surface area contributed by atoms with Gasteiger partial charge in [-0.1, -0.05) is 11.6 Å². The average molecular weight is 250 g/mol. The largest absolute Gasteiger partial charge is 0.744 e. The van der Waals surface area contributed by atoms with E-state index in [1.165, 1.54) is 6.07 Å². The summed E-state index contributed by atoms with van der Waals surface area (Å²) in [5.74, 6) is 0. The van der Waals surface area contributed by atoms with Gasteiger partial charge in [0, 0.05) is 6.15 Å². The summed E-state index contributed by atoms with van der Waals surface area (Å²) in [6.07, 6.45) is 0. The fraction of sp³-hybridized carbons (Fsp3) is 0. The molecule has 7 nitrogen and oxygen atoms in total. The lowest BCUT2D eigenvalue weighted by Gasteiger charge is -2.05. The Morgan fingerprint density at radius 2 is 1.87 bits per heavy atom. The molecule has 1 aromatic heterocycles. The maximum atomic E-state index is 10.7. The van der Waals surface area contributed by atoms with Crippen molar-refractivity contribution in [2.24, 2.45) is 0 Å². The summed E-state index contributed by atoms with van der Waals surface area (Å²) in [6.45, 7) is 0. The number of nitrogens with two attached hydrogens (primary N) is 1. The molecule has 2 aromatic rings. The first-order chi connectivity index (χ1) is 6.50. The third kappa shape index (κ3) is 1.92. The van der Waals surface area contributed by atoms with Crippen molar-refractivity contribution in [2.75, 3.05) is 0 Å². The highest BCUT2D eigenvalue weighted by Gasteiger charge is 2.14. The Morgan fingerprint density at radius 3 is 2.47 bits per heavy atom. The van der Waals surface area contributed by atoms with Crippen LogP contribution in [0.2, 0.25) is 5.02 Å². The number of rotatable bonds is 1. The molecule has 2 rings (SSSR count). The van der Waals surface area contributed by atoms with E-state index in [9.17, 15) is 13.0 Å². The normalized spacial score (nSPS) is 11.3. The van der Waals surface area contributed by atoms with Gasteiger partial charge in [0.25, 0.3) is 0 Å². The molecule has 0 fully saturated rings. The summed E-state index contributed by atoms with van der Waals surface area (Å²) < 4.78 is 36.5. The molecule has 0 aliphatic heterocycles. The smallest absolute Gasteiger partial charge is 0.155 e. The van der Waals surface area contributed by atoms with Crippen LogP contribution in [0.3, 0.4) is 0 Å². The van der Waals surface area contributed by atoms with Crippen molar-refractivity contribution >= 4 is 32.8 Å². The summed E-state index contributed by atoms with van der Waals surface area (Å²) in [4.78, 5) is -0.488. The van der Waals surface area contributed by atoms with E-state index < -0.39 is 15.0 Å². The molecule has 0 aliphatic carbocycles. The van der Waals surface area contributed by atoms with E-state index in [1.807, 2.05) is 0 Å². The van der Waals surface area contributed by atoms with Crippen LogP contribution in [-0.4, -0.2) is 23.3 Å². The van der Waals surface area contributed by atoms with Crippen molar-refractivity contribution in [2.45, 2.75) is 4.90 Å². The zero-order chi connectivity index (χ0) is 10.3. The molecule has 0 bridgehead atoms. The van der Waals surface area contributed by atoms with Crippen LogP contribution in [0.4, 0.5) is 0 Å². The third-order valence-electron chi connectivity index (χ3n) is 1.60.